The van der Waals surface area contributed by atoms with E-state index in [1.165, 1.54) is 0 Å². The van der Waals surface area contributed by atoms with E-state index in [1.807, 2.05) is 0 Å². The van der Waals surface area contributed by atoms with Crippen LogP contribution in [0.25, 0.3) is 0 Å². The standard InChI is InChI=1S/C26H41NO23/c1-4(30)27-7-9(32)16(46-25-13(36)10(33)11(34)19(49-25)21(39)40)6(3-29)45-24(7)48-18-12(35)14(37)26(50-20(18)22(41)42)47-17-8(31)5(2-28)44-23(43)15(17)38/h5-20,23-26,28-29,31-38,43H,2-3H2,1H3,(H,27,30)(H,39,40)(H,41,42)/t5-,6-,7-,8+,9-,10+,11+,12-,13-,14-,15-,16-,17+,18+,19-,20+,23-,24-,25-,26-/m1/s1. The summed E-state index contributed by atoms with van der Waals surface area (Å²) in [7, 11) is 0. The molecule has 20 atom stereocenters. The second kappa shape index (κ2) is 16.6. The van der Waals surface area contributed by atoms with Crippen LogP contribution in [0.2, 0.25) is 0 Å². The number of hydrogen-bond acceptors (Lipinski definition) is 21. The van der Waals surface area contributed by atoms with E-state index in [9.17, 15) is 80.8 Å². The van der Waals surface area contributed by atoms with Gasteiger partial charge >= 0.3 is 11.9 Å². The largest absolute Gasteiger partial charge is 0.479 e. The minimum Gasteiger partial charge on any atom is -0.479 e. The summed E-state index contributed by atoms with van der Waals surface area (Å²) in [5, 5.41) is 135. The maximum Gasteiger partial charge on any atom is 0.335 e. The molecule has 4 rings (SSSR count). The smallest absolute Gasteiger partial charge is 0.335 e. The minimum atomic E-state index is -2.27. The van der Waals surface area contributed by atoms with Crippen molar-refractivity contribution in [3.05, 3.63) is 0 Å². The molecule has 0 aromatic heterocycles. The molecule has 0 bridgehead atoms. The number of amides is 1. The summed E-state index contributed by atoms with van der Waals surface area (Å²) in [6, 6.07) is -1.77. The van der Waals surface area contributed by atoms with E-state index >= 15 is 0 Å². The average Bonchev–Trinajstić information content (AvgIpc) is 3.06. The molecule has 24 heteroatoms. The highest BCUT2D eigenvalue weighted by molar-refractivity contribution is 5.74. The summed E-state index contributed by atoms with van der Waals surface area (Å²) < 4.78 is 37.2. The van der Waals surface area contributed by atoms with Gasteiger partial charge in [-0.05, 0) is 0 Å². The van der Waals surface area contributed by atoms with Crippen LogP contribution in [0.15, 0.2) is 0 Å². The van der Waals surface area contributed by atoms with Gasteiger partial charge in [0.15, 0.2) is 37.4 Å². The van der Waals surface area contributed by atoms with Crippen LogP contribution in [0.3, 0.4) is 0 Å². The molecule has 4 aliphatic rings. The zero-order chi connectivity index (χ0) is 37.4. The molecule has 14 N–H and O–H groups in total. The number of carboxylic acids is 2. The van der Waals surface area contributed by atoms with Gasteiger partial charge in [0.25, 0.3) is 0 Å². The molecule has 0 aromatic carbocycles. The fourth-order valence-electron chi connectivity index (χ4n) is 5.90. The molecular weight excluding hydrogens is 694 g/mol. The summed E-state index contributed by atoms with van der Waals surface area (Å²) in [6.45, 7) is -0.921. The molecule has 50 heavy (non-hydrogen) atoms. The normalized spacial score (nSPS) is 48.5. The monoisotopic (exact) mass is 735 g/mol. The summed E-state index contributed by atoms with van der Waals surface area (Å²) in [5.41, 5.74) is 0. The Labute approximate surface area is 280 Å². The van der Waals surface area contributed by atoms with E-state index in [-0.39, 0.29) is 0 Å². The number of carbonyl (C=O) groups is 3. The number of rotatable bonds is 11. The summed E-state index contributed by atoms with van der Waals surface area (Å²) >= 11 is 0. The number of nitrogens with one attached hydrogen (secondary N) is 1. The number of carbonyl (C=O) groups excluding carboxylic acids is 1. The van der Waals surface area contributed by atoms with Gasteiger partial charge in [-0.25, -0.2) is 9.59 Å². The molecule has 4 aliphatic heterocycles. The zero-order valence-electron chi connectivity index (χ0n) is 25.9. The van der Waals surface area contributed by atoms with Crippen molar-refractivity contribution in [2.75, 3.05) is 13.2 Å². The average molecular weight is 736 g/mol. The number of aliphatic carboxylic acids is 2. The van der Waals surface area contributed by atoms with E-state index in [4.69, 9.17) is 33.2 Å². The Kier molecular flexibility index (Phi) is 13.4. The molecule has 1 amide bonds. The zero-order valence-corrected chi connectivity index (χ0v) is 25.9. The molecule has 24 nitrogen and oxygen atoms in total. The number of carboxylic acid groups (broad SMARTS) is 2. The lowest BCUT2D eigenvalue weighted by molar-refractivity contribution is -0.374. The van der Waals surface area contributed by atoms with Gasteiger partial charge in [0, 0.05) is 6.92 Å². The maximum atomic E-state index is 12.3. The lowest BCUT2D eigenvalue weighted by atomic mass is 9.94. The molecule has 0 spiro atoms. The first-order valence-electron chi connectivity index (χ1n) is 15.1. The van der Waals surface area contributed by atoms with Crippen LogP contribution in [-0.4, -0.2) is 220 Å². The van der Waals surface area contributed by atoms with Crippen LogP contribution < -0.4 is 5.32 Å². The lowest BCUT2D eigenvalue weighted by Crippen LogP contribution is -2.70. The molecular formula is C26H41NO23. The molecule has 4 heterocycles. The highest BCUT2D eigenvalue weighted by Gasteiger charge is 2.57. The fraction of sp³-hybridized carbons (Fsp3) is 0.885. The van der Waals surface area contributed by atoms with Crippen LogP contribution >= 0.6 is 0 Å². The van der Waals surface area contributed by atoms with E-state index in [0.29, 0.717) is 0 Å². The Bertz CT molecular complexity index is 1180. The predicted molar refractivity (Wildman–Crippen MR) is 147 cm³/mol. The van der Waals surface area contributed by atoms with Crippen molar-refractivity contribution in [3.8, 4) is 0 Å². The Balaban J connectivity index is 1.55. The van der Waals surface area contributed by atoms with Crippen molar-refractivity contribution in [3.63, 3.8) is 0 Å². The highest BCUT2D eigenvalue weighted by Crippen LogP contribution is 2.34. The maximum absolute atomic E-state index is 12.3. The Morgan fingerprint density at radius 2 is 1.06 bits per heavy atom. The van der Waals surface area contributed by atoms with Crippen LogP contribution in [0.1, 0.15) is 6.92 Å². The van der Waals surface area contributed by atoms with Crippen LogP contribution in [-0.2, 0) is 47.5 Å². The molecule has 0 saturated carbocycles. The molecule has 0 radical (unpaired) electrons. The first kappa shape index (κ1) is 40.5. The first-order chi connectivity index (χ1) is 23.4. The summed E-state index contributed by atoms with van der Waals surface area (Å²) in [6.07, 6.45) is -38.3. The van der Waals surface area contributed by atoms with Crippen molar-refractivity contribution >= 4 is 17.8 Å². The molecule has 288 valence electrons. The van der Waals surface area contributed by atoms with Crippen molar-refractivity contribution < 1.29 is 114 Å². The first-order valence-corrected chi connectivity index (χ1v) is 15.1. The van der Waals surface area contributed by atoms with Crippen molar-refractivity contribution in [2.24, 2.45) is 0 Å². The van der Waals surface area contributed by atoms with E-state index in [2.05, 4.69) is 5.32 Å². The third-order valence-corrected chi connectivity index (χ3v) is 8.54. The summed E-state index contributed by atoms with van der Waals surface area (Å²) in [5.74, 6) is -4.46. The topological polar surface area (TPSA) is 391 Å². The van der Waals surface area contributed by atoms with Gasteiger partial charge in [-0.1, -0.05) is 0 Å². The van der Waals surface area contributed by atoms with Gasteiger partial charge in [0.2, 0.25) is 5.91 Å². The second-order valence-electron chi connectivity index (χ2n) is 12.0. The summed E-state index contributed by atoms with van der Waals surface area (Å²) in [4.78, 5) is 35.9. The molecule has 0 aromatic rings. The number of aliphatic hydroxyl groups excluding tert-OH is 11. The number of aliphatic hydroxyl groups is 11. The number of hydrogen-bond donors (Lipinski definition) is 14. The molecule has 0 unspecified atom stereocenters. The Morgan fingerprint density at radius 3 is 1.60 bits per heavy atom. The van der Waals surface area contributed by atoms with Crippen LogP contribution in [0.5, 0.6) is 0 Å². The van der Waals surface area contributed by atoms with Crippen molar-refractivity contribution in [1.29, 1.82) is 0 Å². The second-order valence-corrected chi connectivity index (χ2v) is 12.0. The van der Waals surface area contributed by atoms with E-state index in [1.54, 1.807) is 0 Å². The SMILES string of the molecule is CC(=O)N[C@H]1[C@@H](O[C@H]2[C@H](O)[C@@H](O)[C@H](O[C@@H]3[C@@H](O)[C@H](O)O[C@H](CO)[C@@H]3O)O[C@@H]2C(=O)O)O[C@H](CO)[C@@H](O[C@@H]2O[C@@H](C(=O)O)[C@@H](O)[C@H](O)[C@H]2O)[C@@H]1O. The Hall–Kier alpha value is -2.31. The Morgan fingerprint density at radius 1 is 0.540 bits per heavy atom. The van der Waals surface area contributed by atoms with Gasteiger partial charge in [-0.15, -0.1) is 0 Å². The molecule has 4 saturated heterocycles. The number of ether oxygens (including phenoxy) is 7. The fourth-order valence-corrected chi connectivity index (χ4v) is 5.90. The van der Waals surface area contributed by atoms with Gasteiger partial charge in [-0.2, -0.15) is 0 Å². The predicted octanol–water partition coefficient (Wildman–Crippen LogP) is -9.42. The lowest BCUT2D eigenvalue weighted by Gasteiger charge is -2.49. The van der Waals surface area contributed by atoms with Crippen molar-refractivity contribution in [1.82, 2.24) is 5.32 Å². The van der Waals surface area contributed by atoms with Gasteiger partial charge in [-0.3, -0.25) is 4.79 Å². The van der Waals surface area contributed by atoms with E-state index in [0.717, 1.165) is 6.92 Å². The third kappa shape index (κ3) is 8.17. The molecule has 0 aliphatic carbocycles. The quantitative estimate of drug-likeness (QED) is 0.0936. The van der Waals surface area contributed by atoms with Crippen LogP contribution in [0, 0.1) is 0 Å². The van der Waals surface area contributed by atoms with Crippen LogP contribution in [0.4, 0.5) is 0 Å². The third-order valence-electron chi connectivity index (χ3n) is 8.54. The van der Waals surface area contributed by atoms with Gasteiger partial charge in [0.05, 0.1) is 13.2 Å². The van der Waals surface area contributed by atoms with Crippen molar-refractivity contribution in [2.45, 2.75) is 130 Å². The van der Waals surface area contributed by atoms with Gasteiger partial charge < -0.3 is 105 Å². The van der Waals surface area contributed by atoms with E-state index < -0.39 is 154 Å². The molecule has 4 fully saturated rings. The minimum absolute atomic E-state index is 0.855. The van der Waals surface area contributed by atoms with Gasteiger partial charge in [0.1, 0.15) is 85.4 Å². The highest BCUT2D eigenvalue weighted by atomic mass is 16.8.